The molecule has 16 heteroatoms. The second-order valence-electron chi connectivity index (χ2n) is 14.1. The maximum atomic E-state index is 13.1. The Morgan fingerprint density at radius 3 is 1.68 bits per heavy atom. The Kier molecular flexibility index (Phi) is 13.0. The molecule has 2 aromatic heterocycles. The Labute approximate surface area is 335 Å². The van der Waals surface area contributed by atoms with Crippen LogP contribution in [0, 0.1) is 0 Å². The van der Waals surface area contributed by atoms with Gasteiger partial charge in [0, 0.05) is 89.3 Å². The molecule has 302 valence electrons. The largest absolute Gasteiger partial charge is 0.494 e. The molecular formula is C41H47ClN6O9. The predicted octanol–water partition coefficient (Wildman–Crippen LogP) is 4.31. The summed E-state index contributed by atoms with van der Waals surface area (Å²) in [5.74, 6) is -1.57. The smallest absolute Gasteiger partial charge is 0.371 e. The van der Waals surface area contributed by atoms with E-state index in [1.165, 1.54) is 6.07 Å². The number of para-hydroxylation sites is 2. The topological polar surface area (TPSA) is 161 Å². The number of nitrogens with one attached hydrogen (secondary N) is 1. The Hall–Kier alpha value is -5.61. The molecule has 0 spiro atoms. The third kappa shape index (κ3) is 9.18. The van der Waals surface area contributed by atoms with E-state index in [9.17, 15) is 19.2 Å². The summed E-state index contributed by atoms with van der Waals surface area (Å²) in [4.78, 5) is 60.1. The fourth-order valence-corrected chi connectivity index (χ4v) is 7.12. The molecule has 3 fully saturated rings. The Morgan fingerprint density at radius 2 is 1.18 bits per heavy atom. The van der Waals surface area contributed by atoms with Gasteiger partial charge in [0.1, 0.15) is 5.75 Å². The van der Waals surface area contributed by atoms with Crippen LogP contribution in [-0.2, 0) is 4.74 Å². The summed E-state index contributed by atoms with van der Waals surface area (Å²) in [5.41, 5.74) is 3.32. The Balaban J connectivity index is 0.000000214. The summed E-state index contributed by atoms with van der Waals surface area (Å²) in [5, 5.41) is 12.8. The predicted molar refractivity (Wildman–Crippen MR) is 223 cm³/mol. The van der Waals surface area contributed by atoms with E-state index in [0.717, 1.165) is 88.6 Å². The number of ether oxygens (including phenoxy) is 2. The number of benzene rings is 3. The molecule has 3 saturated heterocycles. The van der Waals surface area contributed by atoms with Gasteiger partial charge >= 0.3 is 5.97 Å². The normalized spacial score (nSPS) is 16.4. The first-order valence-electron chi connectivity index (χ1n) is 18.7. The number of morpholine rings is 1. The highest BCUT2D eigenvalue weighted by atomic mass is 35.5. The Bertz CT molecular complexity index is 2350. The van der Waals surface area contributed by atoms with Crippen LogP contribution in [0.5, 0.6) is 5.75 Å². The Morgan fingerprint density at radius 1 is 0.667 bits per heavy atom. The van der Waals surface area contributed by atoms with Gasteiger partial charge in [0.05, 0.1) is 48.2 Å². The number of halogens is 1. The molecule has 0 aliphatic carbocycles. The zero-order chi connectivity index (χ0) is 39.3. The summed E-state index contributed by atoms with van der Waals surface area (Å²) in [6, 6.07) is 18.8. The number of likely N-dealkylation sites (N-methyl/N-ethyl adjacent to an activating group) is 2. The first-order valence-corrected chi connectivity index (χ1v) is 18.7. The molecule has 3 aliphatic rings. The van der Waals surface area contributed by atoms with Crippen molar-refractivity contribution in [3.8, 4) is 5.75 Å². The number of hydrogen-bond acceptors (Lipinski definition) is 13. The molecule has 15 nitrogen and oxygen atoms in total. The number of carbonyl (C=O) groups is 2. The number of piperazine rings is 2. The molecular weight excluding hydrogens is 756 g/mol. The van der Waals surface area contributed by atoms with Crippen molar-refractivity contribution in [3.05, 3.63) is 98.7 Å². The van der Waals surface area contributed by atoms with Crippen LogP contribution in [-0.4, -0.2) is 127 Å². The number of carboxylic acid groups (broad SMARTS) is 1. The van der Waals surface area contributed by atoms with Gasteiger partial charge < -0.3 is 53.2 Å². The molecule has 2 N–H and O–H groups in total. The minimum Gasteiger partial charge on any atom is -0.494 e. The van der Waals surface area contributed by atoms with E-state index in [-0.39, 0.29) is 34.8 Å². The van der Waals surface area contributed by atoms with Gasteiger partial charge in [-0.3, -0.25) is 14.4 Å². The van der Waals surface area contributed by atoms with Crippen molar-refractivity contribution in [2.75, 3.05) is 120 Å². The van der Waals surface area contributed by atoms with Crippen molar-refractivity contribution in [1.82, 2.24) is 9.80 Å². The van der Waals surface area contributed by atoms with Crippen LogP contribution in [0.4, 0.5) is 22.7 Å². The minimum absolute atomic E-state index is 0. The molecule has 0 atom stereocenters. The molecule has 5 heterocycles. The molecule has 0 radical (unpaired) electrons. The lowest BCUT2D eigenvalue weighted by atomic mass is 10.1. The quantitative estimate of drug-likeness (QED) is 0.240. The van der Waals surface area contributed by atoms with Crippen molar-refractivity contribution in [2.24, 2.45) is 0 Å². The number of amides is 1. The van der Waals surface area contributed by atoms with Crippen LogP contribution in [0.25, 0.3) is 21.9 Å². The zero-order valence-corrected chi connectivity index (χ0v) is 33.0. The standard InChI is InChI=1S/C26H30N4O5.C15H16N2O4.ClH/c1-28-8-10-30(11-9-28)21-5-3-4-19-22(31)17-24(35-25(19)21)26(32)27-20-7-6-18(16-23(20)33-2)29-12-14-34-15-13-29;1-16-5-7-17(8-6-16)11-4-2-3-10-12(18)9-13(15(19)20)21-14(10)11;/h3-7,16-17H,8-15H2,1-2H3,(H,27,32);2-4,9H,5-8H2,1H3,(H,19,20);1H. The number of rotatable bonds is 7. The van der Waals surface area contributed by atoms with Crippen LogP contribution in [0.15, 0.2) is 85.2 Å². The number of nitrogens with zero attached hydrogens (tertiary/aromatic N) is 5. The second kappa shape index (κ2) is 18.1. The number of methoxy groups -OCH3 is 1. The van der Waals surface area contributed by atoms with Gasteiger partial charge in [0.15, 0.2) is 27.8 Å². The lowest BCUT2D eigenvalue weighted by Gasteiger charge is -2.34. The molecule has 8 rings (SSSR count). The number of carbonyl (C=O) groups excluding carboxylic acids is 1. The lowest BCUT2D eigenvalue weighted by molar-refractivity contribution is 0.0663. The van der Waals surface area contributed by atoms with Gasteiger partial charge in [-0.05, 0) is 50.5 Å². The highest BCUT2D eigenvalue weighted by molar-refractivity contribution is 6.04. The molecule has 57 heavy (non-hydrogen) atoms. The molecule has 5 aromatic rings. The number of anilines is 4. The lowest BCUT2D eigenvalue weighted by Crippen LogP contribution is -2.44. The number of carboxylic acids is 1. The second-order valence-corrected chi connectivity index (χ2v) is 14.1. The van der Waals surface area contributed by atoms with Gasteiger partial charge in [0.2, 0.25) is 5.76 Å². The first-order chi connectivity index (χ1) is 27.1. The van der Waals surface area contributed by atoms with Crippen molar-refractivity contribution in [2.45, 2.75) is 0 Å². The number of fused-ring (bicyclic) bond motifs is 2. The van der Waals surface area contributed by atoms with E-state index in [1.54, 1.807) is 31.4 Å². The van der Waals surface area contributed by atoms with Gasteiger partial charge in [0.25, 0.3) is 5.91 Å². The SMILES string of the molecule is CN1CCN(c2cccc3c(=O)cc(C(=O)O)oc23)CC1.COc1cc(N2CCOCC2)ccc1NC(=O)c1cc(=O)c2cccc(N3CCN(C)CC3)c2o1.Cl. The van der Waals surface area contributed by atoms with Crippen molar-refractivity contribution in [3.63, 3.8) is 0 Å². The van der Waals surface area contributed by atoms with E-state index in [0.29, 0.717) is 46.6 Å². The summed E-state index contributed by atoms with van der Waals surface area (Å²) < 4.78 is 22.5. The number of aromatic carboxylic acids is 1. The summed E-state index contributed by atoms with van der Waals surface area (Å²) in [7, 11) is 5.71. The van der Waals surface area contributed by atoms with Crippen LogP contribution in [0.2, 0.25) is 0 Å². The molecule has 0 unspecified atom stereocenters. The van der Waals surface area contributed by atoms with E-state index in [2.05, 4.69) is 43.9 Å². The molecule has 3 aliphatic heterocycles. The van der Waals surface area contributed by atoms with E-state index < -0.39 is 11.9 Å². The average Bonchev–Trinajstić information content (AvgIpc) is 3.22. The fourth-order valence-electron chi connectivity index (χ4n) is 7.12. The van der Waals surface area contributed by atoms with Crippen LogP contribution < -0.4 is 35.6 Å². The molecule has 1 amide bonds. The van der Waals surface area contributed by atoms with Gasteiger partial charge in [-0.2, -0.15) is 0 Å². The average molecular weight is 803 g/mol. The van der Waals surface area contributed by atoms with Gasteiger partial charge in [-0.25, -0.2) is 4.79 Å². The first kappa shape index (κ1) is 41.0. The third-order valence-electron chi connectivity index (χ3n) is 10.4. The van der Waals surface area contributed by atoms with Crippen LogP contribution >= 0.6 is 12.4 Å². The van der Waals surface area contributed by atoms with Crippen LogP contribution in [0.1, 0.15) is 21.1 Å². The van der Waals surface area contributed by atoms with Crippen molar-refractivity contribution < 1.29 is 33.0 Å². The van der Waals surface area contributed by atoms with E-state index in [1.807, 2.05) is 30.3 Å². The summed E-state index contributed by atoms with van der Waals surface area (Å²) >= 11 is 0. The van der Waals surface area contributed by atoms with Crippen molar-refractivity contribution in [1.29, 1.82) is 0 Å². The molecule has 0 saturated carbocycles. The van der Waals surface area contributed by atoms with Crippen molar-refractivity contribution >= 4 is 69.0 Å². The number of hydrogen-bond donors (Lipinski definition) is 2. The third-order valence-corrected chi connectivity index (χ3v) is 10.4. The molecule has 3 aromatic carbocycles. The highest BCUT2D eigenvalue weighted by Gasteiger charge is 2.23. The monoisotopic (exact) mass is 802 g/mol. The maximum Gasteiger partial charge on any atom is 0.371 e. The van der Waals surface area contributed by atoms with E-state index in [4.69, 9.17) is 23.4 Å². The summed E-state index contributed by atoms with van der Waals surface area (Å²) in [6.07, 6.45) is 0. The fraction of sp³-hybridized carbons (Fsp3) is 0.366. The van der Waals surface area contributed by atoms with E-state index >= 15 is 0 Å². The summed E-state index contributed by atoms with van der Waals surface area (Å²) in [6.45, 7) is 9.90. The van der Waals surface area contributed by atoms with Gasteiger partial charge in [-0.1, -0.05) is 12.1 Å². The van der Waals surface area contributed by atoms with Gasteiger partial charge in [-0.15, -0.1) is 12.4 Å². The zero-order valence-electron chi connectivity index (χ0n) is 32.2. The maximum absolute atomic E-state index is 13.1. The minimum atomic E-state index is -1.23. The van der Waals surface area contributed by atoms with Crippen LogP contribution in [0.3, 0.4) is 0 Å². The highest BCUT2D eigenvalue weighted by Crippen LogP contribution is 2.32. The molecule has 0 bridgehead atoms.